The zero-order chi connectivity index (χ0) is 17.4. The van der Waals surface area contributed by atoms with Gasteiger partial charge in [0.1, 0.15) is 0 Å². The first-order valence-electron chi connectivity index (χ1n) is 9.41. The van der Waals surface area contributed by atoms with Gasteiger partial charge in [-0.15, -0.1) is 0 Å². The topological polar surface area (TPSA) is 53.0 Å². The normalized spacial score (nSPS) is 29.3. The van der Waals surface area contributed by atoms with Crippen LogP contribution in [0.4, 0.5) is 0 Å². The van der Waals surface area contributed by atoms with E-state index in [1.165, 1.54) is 5.56 Å². The van der Waals surface area contributed by atoms with Gasteiger partial charge >= 0.3 is 0 Å². The summed E-state index contributed by atoms with van der Waals surface area (Å²) >= 11 is 0. The van der Waals surface area contributed by atoms with E-state index in [1.807, 2.05) is 11.0 Å². The maximum atomic E-state index is 11.8. The molecular formula is C20H28N2O3. The predicted octanol–water partition coefficient (Wildman–Crippen LogP) is 1.47. The Morgan fingerprint density at radius 3 is 2.52 bits per heavy atom. The maximum absolute atomic E-state index is 11.8. The number of ether oxygens (including phenoxy) is 1. The Kier molecular flexibility index (Phi) is 4.56. The van der Waals surface area contributed by atoms with Crippen molar-refractivity contribution in [2.45, 2.75) is 37.3 Å². The lowest BCUT2D eigenvalue weighted by Crippen LogP contribution is -2.85. The minimum atomic E-state index is -0.00127. The van der Waals surface area contributed by atoms with Crippen LogP contribution >= 0.6 is 0 Å². The van der Waals surface area contributed by atoms with Crippen LogP contribution < -0.4 is 0 Å². The average Bonchev–Trinajstić information content (AvgIpc) is 2.59. The van der Waals surface area contributed by atoms with Gasteiger partial charge in [0.15, 0.2) is 0 Å². The summed E-state index contributed by atoms with van der Waals surface area (Å²) in [5, 5.41) is 10.1. The molecule has 136 valence electrons. The van der Waals surface area contributed by atoms with Gasteiger partial charge in [-0.05, 0) is 24.3 Å². The average molecular weight is 344 g/mol. The number of aliphatic hydroxyl groups is 1. The van der Waals surface area contributed by atoms with E-state index in [0.29, 0.717) is 11.8 Å². The highest BCUT2D eigenvalue weighted by molar-refractivity contribution is 5.75. The second-order valence-corrected chi connectivity index (χ2v) is 7.83. The zero-order valence-electron chi connectivity index (χ0n) is 14.9. The van der Waals surface area contributed by atoms with E-state index >= 15 is 0 Å². The highest BCUT2D eigenvalue weighted by atomic mass is 16.5. The molecule has 4 rings (SSSR count). The first kappa shape index (κ1) is 17.0. The number of aliphatic hydroxyl groups excluding tert-OH is 1. The minimum Gasteiger partial charge on any atom is -0.395 e. The van der Waals surface area contributed by atoms with Gasteiger partial charge in [-0.3, -0.25) is 9.69 Å². The standard InChI is InChI=1S/C20H28N2O3/c1-15(24)21-13-20(14-21)19(17-5-3-2-4-6-17)18(12-23)22(20)11-16-7-9-25-10-8-16/h2-6,16,18-19,23H,7-14H2,1H3/t18-,19+/m0/s1. The summed E-state index contributed by atoms with van der Waals surface area (Å²) in [6.07, 6.45) is 2.19. The summed E-state index contributed by atoms with van der Waals surface area (Å²) in [6.45, 7) is 6.07. The number of nitrogens with zero attached hydrogens (tertiary/aromatic N) is 2. The summed E-state index contributed by atoms with van der Waals surface area (Å²) in [4.78, 5) is 16.2. The molecule has 5 nitrogen and oxygen atoms in total. The van der Waals surface area contributed by atoms with Crippen molar-refractivity contribution in [3.05, 3.63) is 35.9 Å². The zero-order valence-corrected chi connectivity index (χ0v) is 14.9. The van der Waals surface area contributed by atoms with Gasteiger partial charge in [-0.25, -0.2) is 0 Å². The maximum Gasteiger partial charge on any atom is 0.219 e. The fourth-order valence-corrected chi connectivity index (χ4v) is 5.10. The van der Waals surface area contributed by atoms with Crippen molar-refractivity contribution in [2.24, 2.45) is 5.92 Å². The van der Waals surface area contributed by atoms with Crippen LogP contribution in [0.3, 0.4) is 0 Å². The van der Waals surface area contributed by atoms with Crippen LogP contribution in [0.25, 0.3) is 0 Å². The molecule has 0 unspecified atom stereocenters. The molecule has 1 amide bonds. The molecule has 0 bridgehead atoms. The Morgan fingerprint density at radius 2 is 1.92 bits per heavy atom. The van der Waals surface area contributed by atoms with E-state index in [4.69, 9.17) is 4.74 Å². The van der Waals surface area contributed by atoms with Crippen LogP contribution in [0, 0.1) is 5.92 Å². The van der Waals surface area contributed by atoms with Gasteiger partial charge in [-0.1, -0.05) is 30.3 Å². The lowest BCUT2D eigenvalue weighted by Gasteiger charge is -2.71. The van der Waals surface area contributed by atoms with Crippen LogP contribution in [0.2, 0.25) is 0 Å². The summed E-state index contributed by atoms with van der Waals surface area (Å²) in [5.41, 5.74) is 1.28. The number of benzene rings is 1. The molecule has 1 N–H and O–H groups in total. The van der Waals surface area contributed by atoms with Crippen molar-refractivity contribution < 1.29 is 14.6 Å². The van der Waals surface area contributed by atoms with Gasteiger partial charge in [0, 0.05) is 51.7 Å². The summed E-state index contributed by atoms with van der Waals surface area (Å²) < 4.78 is 5.50. The predicted molar refractivity (Wildman–Crippen MR) is 95.3 cm³/mol. The van der Waals surface area contributed by atoms with E-state index in [0.717, 1.165) is 45.7 Å². The molecule has 5 heteroatoms. The van der Waals surface area contributed by atoms with Gasteiger partial charge in [0.25, 0.3) is 0 Å². The molecule has 0 aliphatic carbocycles. The Hall–Kier alpha value is -1.43. The molecule has 2 atom stereocenters. The van der Waals surface area contributed by atoms with E-state index < -0.39 is 0 Å². The molecule has 0 saturated carbocycles. The third kappa shape index (κ3) is 2.78. The number of hydrogen-bond donors (Lipinski definition) is 1. The Labute approximate surface area is 149 Å². The third-order valence-corrected chi connectivity index (χ3v) is 6.45. The fraction of sp³-hybridized carbons (Fsp3) is 0.650. The summed E-state index contributed by atoms with van der Waals surface area (Å²) in [6, 6.07) is 10.7. The number of hydrogen-bond acceptors (Lipinski definition) is 4. The lowest BCUT2D eigenvalue weighted by molar-refractivity contribution is -0.200. The fourth-order valence-electron chi connectivity index (χ4n) is 5.10. The highest BCUT2D eigenvalue weighted by Gasteiger charge is 2.66. The highest BCUT2D eigenvalue weighted by Crippen LogP contribution is 2.54. The molecule has 1 aromatic carbocycles. The van der Waals surface area contributed by atoms with Crippen molar-refractivity contribution >= 4 is 5.91 Å². The molecule has 3 aliphatic heterocycles. The van der Waals surface area contributed by atoms with Gasteiger partial charge in [0.2, 0.25) is 5.91 Å². The number of carbonyl (C=O) groups is 1. The van der Waals surface area contributed by atoms with Gasteiger partial charge in [0.05, 0.1) is 12.1 Å². The smallest absolute Gasteiger partial charge is 0.219 e. The molecule has 3 saturated heterocycles. The van der Waals surface area contributed by atoms with Crippen LogP contribution in [-0.2, 0) is 9.53 Å². The van der Waals surface area contributed by atoms with Crippen LogP contribution in [0.15, 0.2) is 30.3 Å². The molecule has 3 heterocycles. The lowest BCUT2D eigenvalue weighted by atomic mass is 9.60. The number of amides is 1. The monoisotopic (exact) mass is 344 g/mol. The van der Waals surface area contributed by atoms with Crippen LogP contribution in [-0.4, -0.2) is 71.8 Å². The van der Waals surface area contributed by atoms with Crippen LogP contribution in [0.1, 0.15) is 31.2 Å². The Balaban J connectivity index is 1.57. The molecule has 0 aromatic heterocycles. The molecular weight excluding hydrogens is 316 g/mol. The Bertz CT molecular complexity index is 609. The van der Waals surface area contributed by atoms with E-state index in [-0.39, 0.29) is 24.1 Å². The molecule has 0 radical (unpaired) electrons. The van der Waals surface area contributed by atoms with Crippen molar-refractivity contribution in [3.8, 4) is 0 Å². The number of rotatable bonds is 4. The summed E-state index contributed by atoms with van der Waals surface area (Å²) in [7, 11) is 0. The van der Waals surface area contributed by atoms with Crippen molar-refractivity contribution in [2.75, 3.05) is 39.5 Å². The largest absolute Gasteiger partial charge is 0.395 e. The third-order valence-electron chi connectivity index (χ3n) is 6.45. The molecule has 3 aliphatic rings. The van der Waals surface area contributed by atoms with Gasteiger partial charge < -0.3 is 14.7 Å². The number of carbonyl (C=O) groups excluding carboxylic acids is 1. The molecule has 1 aromatic rings. The molecule has 25 heavy (non-hydrogen) atoms. The second-order valence-electron chi connectivity index (χ2n) is 7.83. The SMILES string of the molecule is CC(=O)N1CC2(C1)[C@H](c1ccccc1)[C@H](CO)N2CC1CCOCC1. The van der Waals surface area contributed by atoms with E-state index in [9.17, 15) is 9.90 Å². The molecule has 1 spiro atoms. The first-order valence-corrected chi connectivity index (χ1v) is 9.41. The van der Waals surface area contributed by atoms with Crippen molar-refractivity contribution in [1.82, 2.24) is 9.80 Å². The first-order chi connectivity index (χ1) is 12.2. The molecule has 3 fully saturated rings. The quantitative estimate of drug-likeness (QED) is 0.899. The minimum absolute atomic E-state index is 0.00127. The number of likely N-dealkylation sites (tertiary alicyclic amines) is 2. The van der Waals surface area contributed by atoms with E-state index in [1.54, 1.807) is 6.92 Å². The van der Waals surface area contributed by atoms with Crippen molar-refractivity contribution in [3.63, 3.8) is 0 Å². The van der Waals surface area contributed by atoms with E-state index in [2.05, 4.69) is 29.2 Å². The van der Waals surface area contributed by atoms with Crippen LogP contribution in [0.5, 0.6) is 0 Å². The van der Waals surface area contributed by atoms with Gasteiger partial charge in [-0.2, -0.15) is 0 Å². The Morgan fingerprint density at radius 1 is 1.24 bits per heavy atom. The van der Waals surface area contributed by atoms with Crippen molar-refractivity contribution in [1.29, 1.82) is 0 Å². The second kappa shape index (κ2) is 6.71. The summed E-state index contributed by atoms with van der Waals surface area (Å²) in [5.74, 6) is 1.08.